The van der Waals surface area contributed by atoms with Crippen LogP contribution in [0, 0.1) is 0 Å². The molecule has 0 amide bonds. The molecule has 0 saturated carbocycles. The monoisotopic (exact) mass is 337 g/mol. The number of halogens is 1. The van der Waals surface area contributed by atoms with Crippen LogP contribution < -0.4 is 4.74 Å². The van der Waals surface area contributed by atoms with Crippen LogP contribution >= 0.6 is 15.9 Å². The van der Waals surface area contributed by atoms with E-state index in [1.165, 1.54) is 0 Å². The molecule has 2 aromatic rings. The minimum atomic E-state index is -0.593. The average Bonchev–Trinajstić information content (AvgIpc) is 2.97. The number of carbonyl (C=O) groups excluding carboxylic acids is 2. The molecule has 1 aromatic heterocycles. The second-order valence-electron chi connectivity index (χ2n) is 3.91. The lowest BCUT2D eigenvalue weighted by molar-refractivity contribution is -0.144. The van der Waals surface area contributed by atoms with Crippen LogP contribution in [-0.2, 0) is 9.53 Å². The summed E-state index contributed by atoms with van der Waals surface area (Å²) in [4.78, 5) is 25.8. The van der Waals surface area contributed by atoms with Crippen LogP contribution in [0.2, 0.25) is 0 Å². The second kappa shape index (κ2) is 6.91. The van der Waals surface area contributed by atoms with Gasteiger partial charge in [0, 0.05) is 10.7 Å². The number of aromatic amines is 1. The average molecular weight is 338 g/mol. The zero-order chi connectivity index (χ0) is 14.4. The highest BCUT2D eigenvalue weighted by Gasteiger charge is 2.11. The Morgan fingerprint density at radius 1 is 1.15 bits per heavy atom. The fourth-order valence-electron chi connectivity index (χ4n) is 1.47. The summed E-state index contributed by atoms with van der Waals surface area (Å²) in [6.45, 7) is -0.546. The largest absolute Gasteiger partial charge is 0.482 e. The fraction of sp³-hybridized carbons (Fsp3) is 0.143. The van der Waals surface area contributed by atoms with E-state index >= 15 is 0 Å². The van der Waals surface area contributed by atoms with Gasteiger partial charge in [0.15, 0.2) is 13.2 Å². The summed E-state index contributed by atoms with van der Waals surface area (Å²) in [5.41, 5.74) is 0.408. The first-order valence-corrected chi connectivity index (χ1v) is 6.65. The molecule has 1 N–H and O–H groups in total. The number of nitrogens with one attached hydrogen (secondary N) is 1. The number of ether oxygens (including phenoxy) is 2. The number of Topliss-reactive ketones (excluding diaryl/α,β-unsaturated/α-hetero) is 1. The Balaban J connectivity index is 1.74. The van der Waals surface area contributed by atoms with Crippen LogP contribution in [0.3, 0.4) is 0 Å². The molecule has 5 nitrogen and oxygen atoms in total. The van der Waals surface area contributed by atoms with Crippen LogP contribution in [0.1, 0.15) is 10.5 Å². The van der Waals surface area contributed by atoms with Gasteiger partial charge in [-0.15, -0.1) is 0 Å². The normalized spacial score (nSPS) is 10.1. The molecule has 0 fully saturated rings. The lowest BCUT2D eigenvalue weighted by atomic mass is 10.3. The third kappa shape index (κ3) is 4.24. The first kappa shape index (κ1) is 14.3. The predicted octanol–water partition coefficient (Wildman–Crippen LogP) is 2.58. The molecule has 1 heterocycles. The summed E-state index contributed by atoms with van der Waals surface area (Å²) in [5.74, 6) is -0.331. The molecule has 0 bridgehead atoms. The quantitative estimate of drug-likeness (QED) is 0.649. The second-order valence-corrected chi connectivity index (χ2v) is 4.83. The zero-order valence-corrected chi connectivity index (χ0v) is 12.1. The molecule has 0 unspecified atom stereocenters. The summed E-state index contributed by atoms with van der Waals surface area (Å²) in [6, 6.07) is 10.4. The molecule has 20 heavy (non-hydrogen) atoms. The number of ketones is 1. The van der Waals surface area contributed by atoms with Crippen molar-refractivity contribution in [3.63, 3.8) is 0 Å². The molecule has 0 radical (unpaired) electrons. The zero-order valence-electron chi connectivity index (χ0n) is 10.5. The molecule has 1 aromatic carbocycles. The first-order chi connectivity index (χ1) is 9.65. The van der Waals surface area contributed by atoms with Gasteiger partial charge in [-0.25, -0.2) is 4.79 Å². The highest BCUT2D eigenvalue weighted by Crippen LogP contribution is 2.17. The van der Waals surface area contributed by atoms with Gasteiger partial charge < -0.3 is 14.5 Å². The van der Waals surface area contributed by atoms with E-state index in [1.807, 2.05) is 6.07 Å². The Kier molecular flexibility index (Phi) is 4.95. The maximum absolute atomic E-state index is 11.6. The van der Waals surface area contributed by atoms with Crippen molar-refractivity contribution in [2.45, 2.75) is 0 Å². The Morgan fingerprint density at radius 3 is 2.70 bits per heavy atom. The molecule has 0 spiro atoms. The van der Waals surface area contributed by atoms with Crippen molar-refractivity contribution >= 4 is 27.7 Å². The molecule has 2 rings (SSSR count). The number of carbonyl (C=O) groups is 2. The van der Waals surface area contributed by atoms with E-state index in [2.05, 4.69) is 20.9 Å². The molecule has 0 saturated heterocycles. The minimum absolute atomic E-state index is 0.242. The summed E-state index contributed by atoms with van der Waals surface area (Å²) in [7, 11) is 0. The van der Waals surface area contributed by atoms with Gasteiger partial charge in [-0.3, -0.25) is 4.79 Å². The van der Waals surface area contributed by atoms with Gasteiger partial charge in [0.1, 0.15) is 5.75 Å². The van der Waals surface area contributed by atoms with Crippen LogP contribution in [0.15, 0.2) is 47.1 Å². The van der Waals surface area contributed by atoms with E-state index < -0.39 is 5.97 Å². The SMILES string of the molecule is O=C(COc1cccc(Br)c1)OCC(=O)c1ccc[nH]1. The maximum atomic E-state index is 11.6. The third-order valence-corrected chi connectivity index (χ3v) is 2.91. The van der Waals surface area contributed by atoms with E-state index in [4.69, 9.17) is 9.47 Å². The van der Waals surface area contributed by atoms with Gasteiger partial charge in [-0.05, 0) is 30.3 Å². The van der Waals surface area contributed by atoms with Crippen LogP contribution in [0.4, 0.5) is 0 Å². The molecular weight excluding hydrogens is 326 g/mol. The Morgan fingerprint density at radius 2 is 2.00 bits per heavy atom. The van der Waals surface area contributed by atoms with Gasteiger partial charge >= 0.3 is 5.97 Å². The summed E-state index contributed by atoms with van der Waals surface area (Å²) in [5, 5.41) is 0. The number of esters is 1. The summed E-state index contributed by atoms with van der Waals surface area (Å²) < 4.78 is 10.9. The standard InChI is InChI=1S/C14H12BrNO4/c15-10-3-1-4-11(7-10)19-9-14(18)20-8-13(17)12-5-2-6-16-12/h1-7,16H,8-9H2. The van der Waals surface area contributed by atoms with E-state index in [-0.39, 0.29) is 19.0 Å². The smallest absolute Gasteiger partial charge is 0.344 e. The van der Waals surface area contributed by atoms with Crippen molar-refractivity contribution in [2.75, 3.05) is 13.2 Å². The van der Waals surface area contributed by atoms with Gasteiger partial charge in [-0.1, -0.05) is 22.0 Å². The number of hydrogen-bond donors (Lipinski definition) is 1. The molecule has 0 aliphatic carbocycles. The van der Waals surface area contributed by atoms with E-state index in [0.717, 1.165) is 4.47 Å². The van der Waals surface area contributed by atoms with Crippen LogP contribution in [-0.4, -0.2) is 30.0 Å². The van der Waals surface area contributed by atoms with Crippen molar-refractivity contribution in [1.29, 1.82) is 0 Å². The third-order valence-electron chi connectivity index (χ3n) is 2.42. The summed E-state index contributed by atoms with van der Waals surface area (Å²) in [6.07, 6.45) is 1.63. The van der Waals surface area contributed by atoms with Crippen molar-refractivity contribution in [3.8, 4) is 5.75 Å². The van der Waals surface area contributed by atoms with Gasteiger partial charge in [0.2, 0.25) is 5.78 Å². The Hall–Kier alpha value is -2.08. The van der Waals surface area contributed by atoms with Gasteiger partial charge in [0.05, 0.1) is 5.69 Å². The van der Waals surface area contributed by atoms with E-state index in [1.54, 1.807) is 36.5 Å². The Bertz CT molecular complexity index is 595. The summed E-state index contributed by atoms with van der Waals surface area (Å²) >= 11 is 3.30. The van der Waals surface area contributed by atoms with E-state index in [9.17, 15) is 9.59 Å². The Labute approximate surface area is 124 Å². The predicted molar refractivity (Wildman–Crippen MR) is 75.7 cm³/mol. The van der Waals surface area contributed by atoms with Crippen molar-refractivity contribution in [2.24, 2.45) is 0 Å². The van der Waals surface area contributed by atoms with Crippen molar-refractivity contribution in [1.82, 2.24) is 4.98 Å². The first-order valence-electron chi connectivity index (χ1n) is 5.86. The van der Waals surface area contributed by atoms with Crippen molar-refractivity contribution in [3.05, 3.63) is 52.8 Å². The van der Waals surface area contributed by atoms with E-state index in [0.29, 0.717) is 11.4 Å². The van der Waals surface area contributed by atoms with Gasteiger partial charge in [0.25, 0.3) is 0 Å². The molecule has 0 aliphatic rings. The number of benzene rings is 1. The fourth-order valence-corrected chi connectivity index (χ4v) is 1.85. The highest BCUT2D eigenvalue weighted by molar-refractivity contribution is 9.10. The van der Waals surface area contributed by atoms with Crippen molar-refractivity contribution < 1.29 is 19.1 Å². The number of H-pyrrole nitrogens is 1. The molecule has 6 heteroatoms. The topological polar surface area (TPSA) is 68.4 Å². The number of rotatable bonds is 6. The highest BCUT2D eigenvalue weighted by atomic mass is 79.9. The lowest BCUT2D eigenvalue weighted by Gasteiger charge is -2.06. The maximum Gasteiger partial charge on any atom is 0.344 e. The molecule has 0 atom stereocenters. The van der Waals surface area contributed by atoms with Crippen LogP contribution in [0.5, 0.6) is 5.75 Å². The molecule has 104 valence electrons. The number of hydrogen-bond acceptors (Lipinski definition) is 4. The molecule has 0 aliphatic heterocycles. The lowest BCUT2D eigenvalue weighted by Crippen LogP contribution is -2.19. The molecular formula is C14H12BrNO4. The minimum Gasteiger partial charge on any atom is -0.482 e. The van der Waals surface area contributed by atoms with Gasteiger partial charge in [-0.2, -0.15) is 0 Å². The van der Waals surface area contributed by atoms with Crippen LogP contribution in [0.25, 0.3) is 0 Å². The number of aromatic nitrogens is 1.